The van der Waals surface area contributed by atoms with Gasteiger partial charge < -0.3 is 16.0 Å². The van der Waals surface area contributed by atoms with E-state index in [0.717, 1.165) is 11.3 Å². The second kappa shape index (κ2) is 6.55. The molecule has 5 heteroatoms. The molecule has 0 aliphatic rings. The van der Waals surface area contributed by atoms with Crippen molar-refractivity contribution in [2.75, 3.05) is 6.54 Å². The molecule has 1 aromatic carbocycles. The second-order valence-corrected chi connectivity index (χ2v) is 4.31. The van der Waals surface area contributed by atoms with Gasteiger partial charge in [-0.1, -0.05) is 17.9 Å². The van der Waals surface area contributed by atoms with Gasteiger partial charge in [0.05, 0.1) is 30.7 Å². The Morgan fingerprint density at radius 1 is 1.50 bits per heavy atom. The summed E-state index contributed by atoms with van der Waals surface area (Å²) in [6.45, 7) is 2.62. The molecule has 2 rings (SSSR count). The first-order valence-corrected chi connectivity index (χ1v) is 6.25. The lowest BCUT2D eigenvalue weighted by molar-refractivity contribution is 0.0950. The molecule has 0 saturated carbocycles. The maximum absolute atomic E-state index is 12.2. The number of carbonyl (C=O) groups excluding carboxylic acids is 1. The Bertz CT molecular complexity index is 650. The Hall–Kier alpha value is -2.58. The summed E-state index contributed by atoms with van der Waals surface area (Å²) in [4.78, 5) is 19.0. The molecule has 102 valence electrons. The minimum Gasteiger partial charge on any atom is -0.347 e. The van der Waals surface area contributed by atoms with Crippen LogP contribution in [0.15, 0.2) is 30.7 Å². The van der Waals surface area contributed by atoms with Gasteiger partial charge in [-0.2, -0.15) is 0 Å². The molecule has 0 spiro atoms. The molecule has 4 N–H and O–H groups in total. The van der Waals surface area contributed by atoms with E-state index in [1.807, 2.05) is 19.1 Å². The van der Waals surface area contributed by atoms with Crippen LogP contribution in [0.5, 0.6) is 0 Å². The quantitative estimate of drug-likeness (QED) is 0.725. The van der Waals surface area contributed by atoms with Gasteiger partial charge >= 0.3 is 0 Å². The largest absolute Gasteiger partial charge is 0.347 e. The van der Waals surface area contributed by atoms with Crippen molar-refractivity contribution >= 4 is 5.91 Å². The number of nitrogens with one attached hydrogen (secondary N) is 2. The molecule has 1 heterocycles. The van der Waals surface area contributed by atoms with Crippen molar-refractivity contribution in [2.24, 2.45) is 5.73 Å². The first-order valence-electron chi connectivity index (χ1n) is 6.25. The van der Waals surface area contributed by atoms with Crippen molar-refractivity contribution in [3.05, 3.63) is 53.1 Å². The van der Waals surface area contributed by atoms with E-state index in [-0.39, 0.29) is 12.5 Å². The molecule has 0 atom stereocenters. The number of imidazole rings is 1. The standard InChI is InChI=1S/C15H16N4O/c1-11-4-5-14(12(7-11)3-2-6-16)15(20)18-9-13-8-17-10-19-13/h4-5,7-8,10H,6,9,16H2,1H3,(H,17,19)(H,18,20). The van der Waals surface area contributed by atoms with Crippen molar-refractivity contribution < 1.29 is 4.79 Å². The number of nitrogens with two attached hydrogens (primary N) is 1. The number of aromatic amines is 1. The summed E-state index contributed by atoms with van der Waals surface area (Å²) in [7, 11) is 0. The maximum Gasteiger partial charge on any atom is 0.252 e. The molecule has 0 aliphatic heterocycles. The van der Waals surface area contributed by atoms with Crippen LogP contribution < -0.4 is 11.1 Å². The van der Waals surface area contributed by atoms with Gasteiger partial charge in [0.15, 0.2) is 0 Å². The number of carbonyl (C=O) groups is 1. The number of nitrogens with zero attached hydrogens (tertiary/aromatic N) is 1. The van der Waals surface area contributed by atoms with Crippen molar-refractivity contribution in [2.45, 2.75) is 13.5 Å². The Morgan fingerprint density at radius 3 is 3.05 bits per heavy atom. The lowest BCUT2D eigenvalue weighted by Crippen LogP contribution is -2.23. The van der Waals surface area contributed by atoms with E-state index in [2.05, 4.69) is 27.1 Å². The minimum atomic E-state index is -0.166. The molecular formula is C15H16N4O. The first kappa shape index (κ1) is 13.8. The topological polar surface area (TPSA) is 83.8 Å². The number of hydrogen-bond acceptors (Lipinski definition) is 3. The van der Waals surface area contributed by atoms with Crippen LogP contribution in [0, 0.1) is 18.8 Å². The predicted octanol–water partition coefficient (Wildman–Crippen LogP) is 0.958. The number of aromatic nitrogens is 2. The summed E-state index contributed by atoms with van der Waals surface area (Å²) in [5, 5.41) is 2.83. The fraction of sp³-hybridized carbons (Fsp3) is 0.200. The number of aryl methyl sites for hydroxylation is 1. The van der Waals surface area contributed by atoms with Crippen molar-refractivity contribution in [3.63, 3.8) is 0 Å². The maximum atomic E-state index is 12.2. The molecule has 0 aliphatic carbocycles. The van der Waals surface area contributed by atoms with Gasteiger partial charge in [-0.15, -0.1) is 0 Å². The van der Waals surface area contributed by atoms with Gasteiger partial charge in [0.2, 0.25) is 0 Å². The molecule has 5 nitrogen and oxygen atoms in total. The Morgan fingerprint density at radius 2 is 2.35 bits per heavy atom. The van der Waals surface area contributed by atoms with E-state index >= 15 is 0 Å². The monoisotopic (exact) mass is 268 g/mol. The molecule has 1 aromatic heterocycles. The number of amides is 1. The van der Waals surface area contributed by atoms with Gasteiger partial charge in [-0.3, -0.25) is 4.79 Å². The zero-order valence-electron chi connectivity index (χ0n) is 11.2. The fourth-order valence-electron chi connectivity index (χ4n) is 1.76. The van der Waals surface area contributed by atoms with Crippen LogP contribution in [-0.2, 0) is 6.54 Å². The third-order valence-electron chi connectivity index (χ3n) is 2.74. The van der Waals surface area contributed by atoms with Gasteiger partial charge in [0.25, 0.3) is 5.91 Å². The molecular weight excluding hydrogens is 252 g/mol. The zero-order chi connectivity index (χ0) is 14.4. The summed E-state index contributed by atoms with van der Waals surface area (Å²) in [5.74, 6) is 5.54. The summed E-state index contributed by atoms with van der Waals surface area (Å²) in [6.07, 6.45) is 3.25. The number of H-pyrrole nitrogens is 1. The minimum absolute atomic E-state index is 0.166. The van der Waals surface area contributed by atoms with Crippen LogP contribution in [-0.4, -0.2) is 22.4 Å². The molecule has 2 aromatic rings. The van der Waals surface area contributed by atoms with Crippen LogP contribution in [0.1, 0.15) is 27.2 Å². The van der Waals surface area contributed by atoms with E-state index in [0.29, 0.717) is 17.7 Å². The van der Waals surface area contributed by atoms with Crippen LogP contribution >= 0.6 is 0 Å². The summed E-state index contributed by atoms with van der Waals surface area (Å²) in [6, 6.07) is 5.55. The summed E-state index contributed by atoms with van der Waals surface area (Å²) >= 11 is 0. The molecule has 0 saturated heterocycles. The average Bonchev–Trinajstić information content (AvgIpc) is 2.96. The van der Waals surface area contributed by atoms with Gasteiger partial charge in [0, 0.05) is 11.8 Å². The first-order chi connectivity index (χ1) is 9.70. The molecule has 0 radical (unpaired) electrons. The van der Waals surface area contributed by atoms with E-state index in [4.69, 9.17) is 5.73 Å². The van der Waals surface area contributed by atoms with Crippen LogP contribution in [0.25, 0.3) is 0 Å². The van der Waals surface area contributed by atoms with Gasteiger partial charge in [-0.25, -0.2) is 4.98 Å². The highest BCUT2D eigenvalue weighted by Crippen LogP contribution is 2.11. The van der Waals surface area contributed by atoms with Crippen molar-refractivity contribution in [1.29, 1.82) is 0 Å². The highest BCUT2D eigenvalue weighted by Gasteiger charge is 2.10. The third kappa shape index (κ3) is 3.46. The van der Waals surface area contributed by atoms with Crippen molar-refractivity contribution in [1.82, 2.24) is 15.3 Å². The Balaban J connectivity index is 2.16. The highest BCUT2D eigenvalue weighted by molar-refractivity contribution is 5.96. The highest BCUT2D eigenvalue weighted by atomic mass is 16.1. The number of hydrogen-bond donors (Lipinski definition) is 3. The number of rotatable bonds is 3. The van der Waals surface area contributed by atoms with E-state index < -0.39 is 0 Å². The lowest BCUT2D eigenvalue weighted by atomic mass is 10.0. The van der Waals surface area contributed by atoms with Crippen LogP contribution in [0.4, 0.5) is 0 Å². The normalized spacial score (nSPS) is 9.70. The van der Waals surface area contributed by atoms with E-state index in [1.54, 1.807) is 18.6 Å². The summed E-state index contributed by atoms with van der Waals surface area (Å²) in [5.41, 5.74) is 8.52. The summed E-state index contributed by atoms with van der Waals surface area (Å²) < 4.78 is 0. The molecule has 0 bridgehead atoms. The number of benzene rings is 1. The lowest BCUT2D eigenvalue weighted by Gasteiger charge is -2.07. The molecule has 0 unspecified atom stereocenters. The van der Waals surface area contributed by atoms with Crippen LogP contribution in [0.3, 0.4) is 0 Å². The molecule has 1 amide bonds. The van der Waals surface area contributed by atoms with Gasteiger partial charge in [-0.05, 0) is 24.6 Å². The fourth-order valence-corrected chi connectivity index (χ4v) is 1.76. The van der Waals surface area contributed by atoms with Crippen molar-refractivity contribution in [3.8, 4) is 11.8 Å². The predicted molar refractivity (Wildman–Crippen MR) is 76.9 cm³/mol. The van der Waals surface area contributed by atoms with E-state index in [1.165, 1.54) is 0 Å². The smallest absolute Gasteiger partial charge is 0.252 e. The second-order valence-electron chi connectivity index (χ2n) is 4.31. The Kier molecular flexibility index (Phi) is 4.53. The van der Waals surface area contributed by atoms with E-state index in [9.17, 15) is 4.79 Å². The SMILES string of the molecule is Cc1ccc(C(=O)NCc2cnc[nH]2)c(C#CCN)c1. The average molecular weight is 268 g/mol. The molecule has 20 heavy (non-hydrogen) atoms. The Labute approximate surface area is 117 Å². The third-order valence-corrected chi connectivity index (χ3v) is 2.74. The van der Waals surface area contributed by atoms with Gasteiger partial charge in [0.1, 0.15) is 0 Å². The molecule has 0 fully saturated rings. The zero-order valence-corrected chi connectivity index (χ0v) is 11.2. The van der Waals surface area contributed by atoms with Crippen LogP contribution in [0.2, 0.25) is 0 Å².